The summed E-state index contributed by atoms with van der Waals surface area (Å²) in [5, 5.41) is 11.4. The molecular formula is C29H24N2O4. The van der Waals surface area contributed by atoms with E-state index in [2.05, 4.69) is 0 Å². The number of fused-ring (bicyclic) bond motifs is 1. The van der Waals surface area contributed by atoms with Crippen LogP contribution in [0.3, 0.4) is 0 Å². The molecule has 2 aromatic heterocycles. The summed E-state index contributed by atoms with van der Waals surface area (Å²) in [6.07, 6.45) is 1.48. The highest BCUT2D eigenvalue weighted by atomic mass is 16.3. The van der Waals surface area contributed by atoms with Gasteiger partial charge in [0.15, 0.2) is 5.78 Å². The lowest BCUT2D eigenvalue weighted by atomic mass is 9.98. The van der Waals surface area contributed by atoms with Crippen LogP contribution in [0.15, 0.2) is 113 Å². The van der Waals surface area contributed by atoms with Crippen LogP contribution >= 0.6 is 0 Å². The molecule has 35 heavy (non-hydrogen) atoms. The summed E-state index contributed by atoms with van der Waals surface area (Å²) < 4.78 is 7.17. The molecule has 0 saturated carbocycles. The first-order valence-corrected chi connectivity index (χ1v) is 11.3. The van der Waals surface area contributed by atoms with Gasteiger partial charge in [-0.2, -0.15) is 0 Å². The van der Waals surface area contributed by atoms with Crippen molar-refractivity contribution in [1.82, 2.24) is 4.57 Å². The Morgan fingerprint density at radius 1 is 0.886 bits per heavy atom. The zero-order valence-electron chi connectivity index (χ0n) is 19.2. The third kappa shape index (κ3) is 4.10. The normalized spacial score (nSPS) is 11.9. The van der Waals surface area contributed by atoms with Crippen molar-refractivity contribution in [1.29, 1.82) is 0 Å². The Balaban J connectivity index is 1.64. The van der Waals surface area contributed by atoms with Gasteiger partial charge < -0.3 is 19.0 Å². The number of hydrogen-bond donors (Lipinski definition) is 1. The van der Waals surface area contributed by atoms with Gasteiger partial charge in [-0.1, -0.05) is 48.5 Å². The van der Waals surface area contributed by atoms with E-state index in [9.17, 15) is 14.7 Å². The van der Waals surface area contributed by atoms with Gasteiger partial charge in [0, 0.05) is 30.2 Å². The van der Waals surface area contributed by atoms with E-state index in [1.54, 1.807) is 43.6 Å². The van der Waals surface area contributed by atoms with Gasteiger partial charge in [0.05, 0.1) is 17.8 Å². The highest BCUT2D eigenvalue weighted by Crippen LogP contribution is 2.38. The van der Waals surface area contributed by atoms with Crippen molar-refractivity contribution in [2.24, 2.45) is 7.05 Å². The first kappa shape index (κ1) is 22.2. The molecular weight excluding hydrogens is 440 g/mol. The molecule has 1 atom stereocenters. The van der Waals surface area contributed by atoms with E-state index < -0.39 is 17.4 Å². The summed E-state index contributed by atoms with van der Waals surface area (Å²) in [4.78, 5) is 28.9. The van der Waals surface area contributed by atoms with Crippen molar-refractivity contribution >= 4 is 28.1 Å². The van der Waals surface area contributed by atoms with Gasteiger partial charge in [-0.15, -0.1) is 0 Å². The largest absolute Gasteiger partial charge is 0.506 e. The molecule has 0 fully saturated rings. The fraction of sp³-hybridized carbons (Fsp3) is 0.103. The Morgan fingerprint density at radius 3 is 2.09 bits per heavy atom. The topological polar surface area (TPSA) is 75.7 Å². The molecule has 6 nitrogen and oxygen atoms in total. The SMILES string of the molecule is Cn1c(=O)c(C(=O)C[C@H](c2ccco2)N(c2ccccc2)c2ccccc2)c(O)c2ccccc21. The molecule has 0 aliphatic rings. The lowest BCUT2D eigenvalue weighted by Crippen LogP contribution is -2.30. The van der Waals surface area contributed by atoms with E-state index >= 15 is 0 Å². The van der Waals surface area contributed by atoms with Gasteiger partial charge in [0.1, 0.15) is 17.1 Å². The van der Waals surface area contributed by atoms with Crippen LogP contribution in [-0.2, 0) is 7.05 Å². The summed E-state index contributed by atoms with van der Waals surface area (Å²) in [5.41, 5.74) is 1.54. The minimum absolute atomic E-state index is 0.0849. The van der Waals surface area contributed by atoms with Crippen molar-refractivity contribution in [3.8, 4) is 5.75 Å². The van der Waals surface area contributed by atoms with Crippen molar-refractivity contribution < 1.29 is 14.3 Å². The second kappa shape index (κ2) is 9.35. The zero-order valence-corrected chi connectivity index (χ0v) is 19.2. The molecule has 6 heteroatoms. The monoisotopic (exact) mass is 464 g/mol. The quantitative estimate of drug-likeness (QED) is 0.300. The number of ketones is 1. The fourth-order valence-corrected chi connectivity index (χ4v) is 4.49. The molecule has 0 unspecified atom stereocenters. The van der Waals surface area contributed by atoms with E-state index in [1.165, 1.54) is 4.57 Å². The van der Waals surface area contributed by atoms with E-state index in [1.807, 2.05) is 71.6 Å². The summed E-state index contributed by atoms with van der Waals surface area (Å²) in [6, 6.07) is 29.4. The summed E-state index contributed by atoms with van der Waals surface area (Å²) in [5.74, 6) is -0.187. The first-order chi connectivity index (χ1) is 17.1. The number of benzene rings is 3. The number of hydrogen-bond acceptors (Lipinski definition) is 5. The summed E-state index contributed by atoms with van der Waals surface area (Å²) in [7, 11) is 1.60. The number of rotatable bonds is 7. The standard InChI is InChI=1S/C29H24N2O4/c1-30-23-16-9-8-15-22(23)28(33)27(29(30)34)25(32)19-24(26-17-10-18-35-26)31(20-11-4-2-5-12-20)21-13-6-3-7-14-21/h2-18,24,33H,19H2,1H3/t24-/m1/s1. The molecule has 3 aromatic carbocycles. The zero-order chi connectivity index (χ0) is 24.4. The van der Waals surface area contributed by atoms with Crippen LogP contribution in [0.4, 0.5) is 11.4 Å². The van der Waals surface area contributed by atoms with E-state index in [4.69, 9.17) is 4.42 Å². The van der Waals surface area contributed by atoms with Crippen LogP contribution in [0.1, 0.15) is 28.6 Å². The maximum Gasteiger partial charge on any atom is 0.265 e. The molecule has 0 bridgehead atoms. The molecule has 0 radical (unpaired) electrons. The molecule has 174 valence electrons. The average molecular weight is 465 g/mol. The minimum Gasteiger partial charge on any atom is -0.506 e. The molecule has 2 heterocycles. The molecule has 5 aromatic rings. The summed E-state index contributed by atoms with van der Waals surface area (Å²) in [6.45, 7) is 0. The van der Waals surface area contributed by atoms with Gasteiger partial charge >= 0.3 is 0 Å². The maximum atomic E-state index is 13.7. The Kier molecular flexibility index (Phi) is 5.94. The third-order valence-corrected chi connectivity index (χ3v) is 6.19. The van der Waals surface area contributed by atoms with Crippen LogP contribution in [0.2, 0.25) is 0 Å². The van der Waals surface area contributed by atoms with Crippen LogP contribution in [0.5, 0.6) is 5.75 Å². The van der Waals surface area contributed by atoms with Crippen LogP contribution in [-0.4, -0.2) is 15.5 Å². The maximum absolute atomic E-state index is 13.7. The number of aromatic hydroxyl groups is 1. The predicted molar refractivity (Wildman–Crippen MR) is 136 cm³/mol. The molecule has 0 aliphatic carbocycles. The molecule has 0 aliphatic heterocycles. The predicted octanol–water partition coefficient (Wildman–Crippen LogP) is 5.99. The Morgan fingerprint density at radius 2 is 1.49 bits per heavy atom. The number of carbonyl (C=O) groups excluding carboxylic acids is 1. The highest BCUT2D eigenvalue weighted by Gasteiger charge is 2.30. The lowest BCUT2D eigenvalue weighted by Gasteiger charge is -2.32. The summed E-state index contributed by atoms with van der Waals surface area (Å²) >= 11 is 0. The van der Waals surface area contributed by atoms with Crippen molar-refractivity contribution in [3.05, 3.63) is 125 Å². The van der Waals surface area contributed by atoms with Gasteiger partial charge in [-0.05, 0) is 48.5 Å². The van der Waals surface area contributed by atoms with Crippen molar-refractivity contribution in [2.45, 2.75) is 12.5 Å². The number of nitrogens with zero attached hydrogens (tertiary/aromatic N) is 2. The molecule has 0 spiro atoms. The number of pyridine rings is 1. The number of para-hydroxylation sites is 3. The molecule has 1 N–H and O–H groups in total. The van der Waals surface area contributed by atoms with Crippen molar-refractivity contribution in [2.75, 3.05) is 4.90 Å². The van der Waals surface area contributed by atoms with Gasteiger partial charge in [0.2, 0.25) is 0 Å². The smallest absolute Gasteiger partial charge is 0.265 e. The number of aryl methyl sites for hydroxylation is 1. The van der Waals surface area contributed by atoms with Crippen LogP contribution < -0.4 is 10.5 Å². The van der Waals surface area contributed by atoms with E-state index in [0.29, 0.717) is 16.7 Å². The van der Waals surface area contributed by atoms with Crippen LogP contribution in [0, 0.1) is 0 Å². The first-order valence-electron chi connectivity index (χ1n) is 11.3. The fourth-order valence-electron chi connectivity index (χ4n) is 4.49. The third-order valence-electron chi connectivity index (χ3n) is 6.19. The number of carbonyl (C=O) groups is 1. The molecule has 0 amide bonds. The lowest BCUT2D eigenvalue weighted by molar-refractivity contribution is 0.0966. The second-order valence-electron chi connectivity index (χ2n) is 8.30. The molecule has 5 rings (SSSR count). The molecule has 0 saturated heterocycles. The van der Waals surface area contributed by atoms with E-state index in [0.717, 1.165) is 11.4 Å². The number of furan rings is 1. The van der Waals surface area contributed by atoms with Crippen LogP contribution in [0.25, 0.3) is 10.9 Å². The number of aromatic nitrogens is 1. The van der Waals surface area contributed by atoms with E-state index in [-0.39, 0.29) is 17.7 Å². The van der Waals surface area contributed by atoms with Gasteiger partial charge in [-0.3, -0.25) is 9.59 Å². The van der Waals surface area contributed by atoms with Crippen molar-refractivity contribution in [3.63, 3.8) is 0 Å². The number of Topliss-reactive ketones (excluding diaryl/α,β-unsaturated/α-hetero) is 1. The van der Waals surface area contributed by atoms with Gasteiger partial charge in [0.25, 0.3) is 5.56 Å². The number of anilines is 2. The Hall–Kier alpha value is -4.58. The van der Waals surface area contributed by atoms with Gasteiger partial charge in [-0.25, -0.2) is 0 Å². The second-order valence-corrected chi connectivity index (χ2v) is 8.30. The average Bonchev–Trinajstić information content (AvgIpc) is 3.43. The minimum atomic E-state index is -0.558. The Bertz CT molecular complexity index is 1480. The Labute approximate surface area is 202 Å². The highest BCUT2D eigenvalue weighted by molar-refractivity contribution is 6.04.